The highest BCUT2D eigenvalue weighted by atomic mass is 16.2. The van der Waals surface area contributed by atoms with Gasteiger partial charge in [-0.25, -0.2) is 0 Å². The molecule has 1 aromatic heterocycles. The van der Waals surface area contributed by atoms with Crippen LogP contribution in [0.25, 0.3) is 10.9 Å². The molecule has 1 N–H and O–H groups in total. The molecule has 2 amide bonds. The maximum atomic E-state index is 12.4. The fourth-order valence-corrected chi connectivity index (χ4v) is 2.82. The smallest absolute Gasteiger partial charge is 0.226 e. The summed E-state index contributed by atoms with van der Waals surface area (Å²) in [4.78, 5) is 30.2. The molecule has 0 aliphatic carbocycles. The van der Waals surface area contributed by atoms with Gasteiger partial charge in [0.2, 0.25) is 11.8 Å². The van der Waals surface area contributed by atoms with Crippen LogP contribution in [0.4, 0.5) is 11.4 Å². The van der Waals surface area contributed by atoms with Crippen molar-refractivity contribution in [2.24, 2.45) is 0 Å². The Kier molecular flexibility index (Phi) is 5.43. The first kappa shape index (κ1) is 18.1. The molecule has 0 spiro atoms. The first-order valence-corrected chi connectivity index (χ1v) is 8.50. The van der Waals surface area contributed by atoms with Crippen LogP contribution >= 0.6 is 0 Å². The van der Waals surface area contributed by atoms with Gasteiger partial charge < -0.3 is 10.2 Å². The monoisotopic (exact) mass is 358 g/mol. The number of aromatic nitrogens is 1. The predicted octanol–water partition coefficient (Wildman–Crippen LogP) is 3.49. The van der Waals surface area contributed by atoms with Crippen LogP contribution in [0.1, 0.15) is 18.9 Å². The molecule has 0 unspecified atom stereocenters. The Balaban J connectivity index is 1.69. The molecule has 2 aromatic carbocycles. The van der Waals surface area contributed by atoms with Crippen LogP contribution in [0.2, 0.25) is 0 Å². The van der Waals surface area contributed by atoms with E-state index in [0.717, 1.165) is 10.9 Å². The minimum Gasteiger partial charge on any atom is -0.324 e. The number of carbonyl (C=O) groups is 2. The molecule has 0 bridgehead atoms. The average molecular weight is 358 g/mol. The second-order valence-corrected chi connectivity index (χ2v) is 6.01. The number of amides is 2. The Morgan fingerprint density at radius 2 is 1.85 bits per heavy atom. The van der Waals surface area contributed by atoms with Crippen LogP contribution < -0.4 is 10.2 Å². The van der Waals surface area contributed by atoms with Crippen molar-refractivity contribution in [1.29, 1.82) is 5.26 Å². The van der Waals surface area contributed by atoms with Gasteiger partial charge in [-0.2, -0.15) is 5.26 Å². The van der Waals surface area contributed by atoms with E-state index >= 15 is 0 Å². The number of para-hydroxylation sites is 1. The lowest BCUT2D eigenvalue weighted by atomic mass is 10.2. The number of nitrogens with one attached hydrogen (secondary N) is 1. The Bertz CT molecular complexity index is 1020. The molecule has 1 heterocycles. The van der Waals surface area contributed by atoms with Crippen LogP contribution in [-0.2, 0) is 9.59 Å². The number of anilines is 2. The fourth-order valence-electron chi connectivity index (χ4n) is 2.82. The molecule has 0 saturated heterocycles. The number of rotatable bonds is 5. The van der Waals surface area contributed by atoms with Gasteiger partial charge in [-0.1, -0.05) is 18.2 Å². The number of nitrogens with zero attached hydrogens (tertiary/aromatic N) is 3. The molecular weight excluding hydrogens is 340 g/mol. The lowest BCUT2D eigenvalue weighted by Crippen LogP contribution is -2.31. The minimum absolute atomic E-state index is 0.142. The van der Waals surface area contributed by atoms with Crippen LogP contribution in [-0.4, -0.2) is 23.3 Å². The van der Waals surface area contributed by atoms with E-state index in [1.807, 2.05) is 30.3 Å². The van der Waals surface area contributed by atoms with Gasteiger partial charge >= 0.3 is 0 Å². The Morgan fingerprint density at radius 3 is 2.56 bits per heavy atom. The zero-order valence-corrected chi connectivity index (χ0v) is 14.8. The van der Waals surface area contributed by atoms with E-state index in [-0.39, 0.29) is 24.8 Å². The Hall–Kier alpha value is -3.72. The highest BCUT2D eigenvalue weighted by Gasteiger charge is 2.14. The van der Waals surface area contributed by atoms with E-state index in [0.29, 0.717) is 16.9 Å². The van der Waals surface area contributed by atoms with E-state index < -0.39 is 0 Å². The summed E-state index contributed by atoms with van der Waals surface area (Å²) in [5.41, 5.74) is 2.54. The standard InChI is InChI=1S/C21H18N4O2/c1-15(26)25(18-9-7-16(14-22)8-10-18)13-11-20(27)24-19-6-2-4-17-5-3-12-23-21(17)19/h2-10,12H,11,13H2,1H3,(H,24,27). The first-order chi connectivity index (χ1) is 13.1. The van der Waals surface area contributed by atoms with Crippen LogP contribution in [0, 0.1) is 11.3 Å². The molecule has 27 heavy (non-hydrogen) atoms. The summed E-state index contributed by atoms with van der Waals surface area (Å²) in [6.45, 7) is 1.69. The predicted molar refractivity (Wildman–Crippen MR) is 104 cm³/mol. The van der Waals surface area contributed by atoms with Gasteiger partial charge in [-0.3, -0.25) is 14.6 Å². The zero-order valence-electron chi connectivity index (χ0n) is 14.8. The van der Waals surface area contributed by atoms with Crippen molar-refractivity contribution in [2.45, 2.75) is 13.3 Å². The fraction of sp³-hybridized carbons (Fsp3) is 0.143. The van der Waals surface area contributed by atoms with Gasteiger partial charge in [0.05, 0.1) is 22.8 Å². The maximum absolute atomic E-state index is 12.4. The highest BCUT2D eigenvalue weighted by Crippen LogP contribution is 2.21. The lowest BCUT2D eigenvalue weighted by Gasteiger charge is -2.21. The summed E-state index contributed by atoms with van der Waals surface area (Å²) >= 11 is 0. The average Bonchev–Trinajstić information content (AvgIpc) is 2.68. The quantitative estimate of drug-likeness (QED) is 0.756. The Labute approximate surface area is 157 Å². The van der Waals surface area contributed by atoms with Gasteiger partial charge in [-0.05, 0) is 36.4 Å². The number of benzene rings is 2. The van der Waals surface area contributed by atoms with E-state index in [9.17, 15) is 9.59 Å². The molecule has 0 radical (unpaired) electrons. The summed E-state index contributed by atoms with van der Waals surface area (Å²) in [6, 6.07) is 18.1. The van der Waals surface area contributed by atoms with E-state index in [1.54, 1.807) is 36.5 Å². The van der Waals surface area contributed by atoms with Crippen molar-refractivity contribution < 1.29 is 9.59 Å². The van der Waals surface area contributed by atoms with Gasteiger partial charge in [0.25, 0.3) is 0 Å². The van der Waals surface area contributed by atoms with Crippen molar-refractivity contribution >= 4 is 34.1 Å². The number of nitriles is 1. The molecule has 0 aliphatic rings. The summed E-state index contributed by atoms with van der Waals surface area (Å²) in [6.07, 6.45) is 1.82. The second-order valence-electron chi connectivity index (χ2n) is 6.01. The summed E-state index contributed by atoms with van der Waals surface area (Å²) in [5, 5.41) is 12.7. The molecule has 0 fully saturated rings. The van der Waals surface area contributed by atoms with E-state index in [1.165, 1.54) is 11.8 Å². The van der Waals surface area contributed by atoms with E-state index in [4.69, 9.17) is 5.26 Å². The molecule has 6 heteroatoms. The third-order valence-corrected chi connectivity index (χ3v) is 4.16. The van der Waals surface area contributed by atoms with Crippen molar-refractivity contribution in [3.05, 3.63) is 66.4 Å². The van der Waals surface area contributed by atoms with Gasteiger partial charge in [0.15, 0.2) is 0 Å². The molecule has 0 aliphatic heterocycles. The van der Waals surface area contributed by atoms with Gasteiger partial charge in [0, 0.05) is 37.2 Å². The second kappa shape index (κ2) is 8.11. The summed E-state index contributed by atoms with van der Waals surface area (Å²) < 4.78 is 0. The topological polar surface area (TPSA) is 86.1 Å². The van der Waals surface area contributed by atoms with Crippen molar-refractivity contribution in [3.8, 4) is 6.07 Å². The zero-order chi connectivity index (χ0) is 19.2. The number of carbonyl (C=O) groups excluding carboxylic acids is 2. The molecule has 0 saturated carbocycles. The minimum atomic E-state index is -0.201. The molecule has 3 rings (SSSR count). The largest absolute Gasteiger partial charge is 0.324 e. The number of hydrogen-bond donors (Lipinski definition) is 1. The maximum Gasteiger partial charge on any atom is 0.226 e. The third-order valence-electron chi connectivity index (χ3n) is 4.16. The van der Waals surface area contributed by atoms with Crippen molar-refractivity contribution in [1.82, 2.24) is 4.98 Å². The van der Waals surface area contributed by atoms with Crippen molar-refractivity contribution in [3.63, 3.8) is 0 Å². The van der Waals surface area contributed by atoms with Crippen molar-refractivity contribution in [2.75, 3.05) is 16.8 Å². The molecule has 134 valence electrons. The highest BCUT2D eigenvalue weighted by molar-refractivity contribution is 6.01. The molecule has 0 atom stereocenters. The number of pyridine rings is 1. The Morgan fingerprint density at radius 1 is 1.11 bits per heavy atom. The summed E-state index contributed by atoms with van der Waals surface area (Å²) in [7, 11) is 0. The third kappa shape index (κ3) is 4.28. The van der Waals surface area contributed by atoms with Gasteiger partial charge in [-0.15, -0.1) is 0 Å². The molecule has 6 nitrogen and oxygen atoms in total. The normalized spacial score (nSPS) is 10.2. The van der Waals surface area contributed by atoms with E-state index in [2.05, 4.69) is 10.3 Å². The SMILES string of the molecule is CC(=O)N(CCC(=O)Nc1cccc2cccnc12)c1ccc(C#N)cc1. The van der Waals surface area contributed by atoms with Crippen LogP contribution in [0.15, 0.2) is 60.8 Å². The lowest BCUT2D eigenvalue weighted by molar-refractivity contribution is -0.117. The first-order valence-electron chi connectivity index (χ1n) is 8.50. The van der Waals surface area contributed by atoms with Crippen LogP contribution in [0.5, 0.6) is 0 Å². The molecule has 3 aromatic rings. The summed E-state index contributed by atoms with van der Waals surface area (Å²) in [5.74, 6) is -0.368. The van der Waals surface area contributed by atoms with Gasteiger partial charge in [0.1, 0.15) is 0 Å². The molecular formula is C21H18N4O2. The number of fused-ring (bicyclic) bond motifs is 1. The van der Waals surface area contributed by atoms with Crippen LogP contribution in [0.3, 0.4) is 0 Å². The number of hydrogen-bond acceptors (Lipinski definition) is 4.